The largest absolute Gasteiger partial charge is 0.457 e. The van der Waals surface area contributed by atoms with Crippen LogP contribution < -0.4 is 19.3 Å². The van der Waals surface area contributed by atoms with E-state index in [2.05, 4.69) is 265 Å². The molecule has 0 amide bonds. The third-order valence-electron chi connectivity index (χ3n) is 12.8. The number of fused-ring (bicyclic) bond motifs is 8. The molecule has 4 nitrogen and oxygen atoms in total. The summed E-state index contributed by atoms with van der Waals surface area (Å²) in [7, 11) is 0. The number of para-hydroxylation sites is 6. The molecule has 2 heterocycles. The molecule has 10 aromatic rings. The molecule has 65 heavy (non-hydrogen) atoms. The SMILES string of the molecule is c1ccc(N(c2ccccc2)c2ccc(-c3ccc4c(c3)Oc3ccccc3C43c4ccccc4Oc4cc(-c5ccc(N(c6ccccc6)c6ccccc6)cc5)ccc43)cc2)cc1. The van der Waals surface area contributed by atoms with E-state index in [9.17, 15) is 0 Å². The molecule has 0 fully saturated rings. The minimum Gasteiger partial charge on any atom is -0.457 e. The van der Waals surface area contributed by atoms with Gasteiger partial charge in [-0.05, 0) is 119 Å². The van der Waals surface area contributed by atoms with Crippen molar-refractivity contribution < 1.29 is 9.47 Å². The van der Waals surface area contributed by atoms with Gasteiger partial charge in [-0.15, -0.1) is 0 Å². The molecule has 308 valence electrons. The van der Waals surface area contributed by atoms with Gasteiger partial charge >= 0.3 is 0 Å². The smallest absolute Gasteiger partial charge is 0.132 e. The Bertz CT molecular complexity index is 3000. The summed E-state index contributed by atoms with van der Waals surface area (Å²) < 4.78 is 13.8. The van der Waals surface area contributed by atoms with Crippen molar-refractivity contribution in [1.82, 2.24) is 0 Å². The fourth-order valence-electron chi connectivity index (χ4n) is 9.84. The lowest BCUT2D eigenvalue weighted by molar-refractivity contribution is 0.399. The quantitative estimate of drug-likeness (QED) is 0.152. The lowest BCUT2D eigenvalue weighted by Gasteiger charge is -2.45. The lowest BCUT2D eigenvalue weighted by Crippen LogP contribution is -2.36. The van der Waals surface area contributed by atoms with Gasteiger partial charge in [0.25, 0.3) is 0 Å². The molecule has 0 saturated carbocycles. The van der Waals surface area contributed by atoms with E-state index in [1.54, 1.807) is 0 Å². The van der Waals surface area contributed by atoms with Crippen LogP contribution >= 0.6 is 0 Å². The van der Waals surface area contributed by atoms with Crippen molar-refractivity contribution in [2.45, 2.75) is 5.41 Å². The Kier molecular flexibility index (Phi) is 9.35. The molecule has 0 saturated heterocycles. The zero-order valence-corrected chi connectivity index (χ0v) is 35.5. The molecule has 0 aromatic heterocycles. The monoisotopic (exact) mass is 834 g/mol. The number of nitrogens with zero attached hydrogens (tertiary/aromatic N) is 2. The summed E-state index contributed by atoms with van der Waals surface area (Å²) >= 11 is 0. The number of hydrogen-bond donors (Lipinski definition) is 0. The molecule has 4 heteroatoms. The summed E-state index contributed by atoms with van der Waals surface area (Å²) in [5.74, 6) is 3.31. The molecule has 2 aliphatic heterocycles. The minimum atomic E-state index is -0.698. The van der Waals surface area contributed by atoms with Crippen LogP contribution in [0.2, 0.25) is 0 Å². The van der Waals surface area contributed by atoms with Gasteiger partial charge in [-0.3, -0.25) is 0 Å². The maximum Gasteiger partial charge on any atom is 0.132 e. The van der Waals surface area contributed by atoms with Crippen molar-refractivity contribution in [1.29, 1.82) is 0 Å². The third kappa shape index (κ3) is 6.54. The van der Waals surface area contributed by atoms with E-state index in [0.717, 1.165) is 102 Å². The number of anilines is 6. The Hall–Kier alpha value is -8.60. The number of benzene rings is 10. The van der Waals surface area contributed by atoms with Crippen LogP contribution in [0.3, 0.4) is 0 Å². The van der Waals surface area contributed by atoms with Gasteiger partial charge < -0.3 is 19.3 Å². The van der Waals surface area contributed by atoms with E-state index in [-0.39, 0.29) is 0 Å². The molecular formula is C61H42N2O2. The van der Waals surface area contributed by atoms with Gasteiger partial charge in [0.05, 0.1) is 5.41 Å². The van der Waals surface area contributed by atoms with Gasteiger partial charge in [-0.25, -0.2) is 0 Å². The summed E-state index contributed by atoms with van der Waals surface area (Å²) in [4.78, 5) is 4.57. The highest BCUT2D eigenvalue weighted by Gasteiger charge is 2.50. The van der Waals surface area contributed by atoms with Crippen LogP contribution in [0.15, 0.2) is 255 Å². The first-order valence-corrected chi connectivity index (χ1v) is 22.1. The topological polar surface area (TPSA) is 24.9 Å². The highest BCUT2D eigenvalue weighted by atomic mass is 16.5. The summed E-state index contributed by atoms with van der Waals surface area (Å²) in [6, 6.07) is 90.0. The lowest BCUT2D eigenvalue weighted by atomic mass is 9.62. The van der Waals surface area contributed by atoms with Crippen LogP contribution in [-0.4, -0.2) is 0 Å². The second-order valence-corrected chi connectivity index (χ2v) is 16.5. The molecule has 0 atom stereocenters. The Morgan fingerprint density at radius 1 is 0.231 bits per heavy atom. The van der Waals surface area contributed by atoms with Crippen LogP contribution in [-0.2, 0) is 5.41 Å². The fourth-order valence-corrected chi connectivity index (χ4v) is 9.84. The second-order valence-electron chi connectivity index (χ2n) is 16.5. The fraction of sp³-hybridized carbons (Fsp3) is 0.0164. The zero-order valence-electron chi connectivity index (χ0n) is 35.5. The molecule has 2 aliphatic rings. The summed E-state index contributed by atoms with van der Waals surface area (Å²) in [5.41, 5.74) is 14.6. The maximum atomic E-state index is 6.91. The first kappa shape index (κ1) is 38.1. The van der Waals surface area contributed by atoms with Crippen LogP contribution in [0.1, 0.15) is 22.3 Å². The molecular weight excluding hydrogens is 793 g/mol. The van der Waals surface area contributed by atoms with Crippen molar-refractivity contribution in [2.75, 3.05) is 9.80 Å². The van der Waals surface area contributed by atoms with Crippen LogP contribution in [0, 0.1) is 0 Å². The third-order valence-corrected chi connectivity index (χ3v) is 12.8. The van der Waals surface area contributed by atoms with Crippen molar-refractivity contribution in [3.8, 4) is 45.3 Å². The summed E-state index contributed by atoms with van der Waals surface area (Å²) in [6.07, 6.45) is 0. The van der Waals surface area contributed by atoms with E-state index >= 15 is 0 Å². The average Bonchev–Trinajstić information content (AvgIpc) is 3.38. The van der Waals surface area contributed by atoms with E-state index in [0.29, 0.717) is 0 Å². The zero-order chi connectivity index (χ0) is 43.2. The van der Waals surface area contributed by atoms with Crippen molar-refractivity contribution in [2.24, 2.45) is 0 Å². The molecule has 0 radical (unpaired) electrons. The number of rotatable bonds is 8. The Morgan fingerprint density at radius 3 is 0.862 bits per heavy atom. The van der Waals surface area contributed by atoms with Gasteiger partial charge in [-0.1, -0.05) is 158 Å². The predicted molar refractivity (Wildman–Crippen MR) is 265 cm³/mol. The summed E-state index contributed by atoms with van der Waals surface area (Å²) in [6.45, 7) is 0. The Morgan fingerprint density at radius 2 is 0.508 bits per heavy atom. The summed E-state index contributed by atoms with van der Waals surface area (Å²) in [5, 5.41) is 0. The normalized spacial score (nSPS) is 12.7. The average molecular weight is 835 g/mol. The molecule has 0 bridgehead atoms. The molecule has 0 unspecified atom stereocenters. The second kappa shape index (κ2) is 15.9. The van der Waals surface area contributed by atoms with E-state index in [1.165, 1.54) is 0 Å². The number of ether oxygens (including phenoxy) is 2. The van der Waals surface area contributed by atoms with E-state index < -0.39 is 5.41 Å². The van der Waals surface area contributed by atoms with Crippen LogP contribution in [0.25, 0.3) is 22.3 Å². The van der Waals surface area contributed by atoms with Crippen LogP contribution in [0.5, 0.6) is 23.0 Å². The van der Waals surface area contributed by atoms with Gasteiger partial charge in [0.15, 0.2) is 0 Å². The molecule has 0 aliphatic carbocycles. The Labute approximate surface area is 379 Å². The van der Waals surface area contributed by atoms with Crippen LogP contribution in [0.4, 0.5) is 34.1 Å². The maximum absolute atomic E-state index is 6.91. The highest BCUT2D eigenvalue weighted by Crippen LogP contribution is 2.62. The van der Waals surface area contributed by atoms with Gasteiger partial charge in [0, 0.05) is 56.4 Å². The molecule has 1 spiro atoms. The molecule has 0 N–H and O–H groups in total. The van der Waals surface area contributed by atoms with Crippen molar-refractivity contribution in [3.63, 3.8) is 0 Å². The van der Waals surface area contributed by atoms with Gasteiger partial charge in [0.1, 0.15) is 23.0 Å². The highest BCUT2D eigenvalue weighted by molar-refractivity contribution is 5.83. The van der Waals surface area contributed by atoms with Gasteiger partial charge in [0.2, 0.25) is 0 Å². The van der Waals surface area contributed by atoms with Crippen molar-refractivity contribution in [3.05, 3.63) is 277 Å². The Balaban J connectivity index is 0.943. The van der Waals surface area contributed by atoms with E-state index in [1.807, 2.05) is 0 Å². The van der Waals surface area contributed by atoms with E-state index in [4.69, 9.17) is 9.47 Å². The van der Waals surface area contributed by atoms with Crippen molar-refractivity contribution >= 4 is 34.1 Å². The number of hydrogen-bond acceptors (Lipinski definition) is 4. The standard InChI is InChI=1S/C61H42N2O2/c1-5-17-47(18-6-1)62(48-19-7-2-8-20-48)51-35-29-43(30-36-51)45-33-39-55-59(41-45)64-57-27-15-13-25-53(57)61(55)54-26-14-16-28-58(54)65-60-42-46(34-40-56(60)61)44-31-37-52(38-32-44)63(49-21-9-3-10-22-49)50-23-11-4-12-24-50/h1-42H. The first-order chi connectivity index (χ1) is 32.2. The molecule has 12 rings (SSSR count). The first-order valence-electron chi connectivity index (χ1n) is 22.1. The molecule has 10 aromatic carbocycles. The minimum absolute atomic E-state index is 0.698. The predicted octanol–water partition coefficient (Wildman–Crippen LogP) is 16.6. The van der Waals surface area contributed by atoms with Gasteiger partial charge in [-0.2, -0.15) is 0 Å².